The standard InChI is InChI=1S/C12H16BrClN2O/c1-3-7(2)11(12(15)17)16-8-4-5-10(14)9(13)6-8/h4-7,11,16H,3H2,1-2H3,(H2,15,17). The topological polar surface area (TPSA) is 55.1 Å². The summed E-state index contributed by atoms with van der Waals surface area (Å²) in [7, 11) is 0. The van der Waals surface area contributed by atoms with Crippen molar-refractivity contribution >= 4 is 39.1 Å². The van der Waals surface area contributed by atoms with Crippen molar-refractivity contribution in [1.82, 2.24) is 0 Å². The normalized spacial score (nSPS) is 14.1. The summed E-state index contributed by atoms with van der Waals surface area (Å²) in [6, 6.07) is 5.06. The van der Waals surface area contributed by atoms with Gasteiger partial charge in [-0.05, 0) is 40.0 Å². The number of amides is 1. The molecule has 0 saturated heterocycles. The van der Waals surface area contributed by atoms with Gasteiger partial charge < -0.3 is 11.1 Å². The lowest BCUT2D eigenvalue weighted by Gasteiger charge is -2.22. The van der Waals surface area contributed by atoms with E-state index in [1.807, 2.05) is 26.0 Å². The van der Waals surface area contributed by atoms with E-state index in [9.17, 15) is 4.79 Å². The number of primary amides is 1. The number of nitrogens with one attached hydrogen (secondary N) is 1. The third kappa shape index (κ3) is 3.89. The highest BCUT2D eigenvalue weighted by Gasteiger charge is 2.21. The van der Waals surface area contributed by atoms with Crippen molar-refractivity contribution < 1.29 is 4.79 Å². The van der Waals surface area contributed by atoms with Gasteiger partial charge in [-0.2, -0.15) is 0 Å². The molecule has 0 spiro atoms. The maximum atomic E-state index is 11.4. The van der Waals surface area contributed by atoms with E-state index in [1.54, 1.807) is 6.07 Å². The molecule has 0 aromatic heterocycles. The molecule has 3 nitrogen and oxygen atoms in total. The number of carbonyl (C=O) groups excluding carboxylic acids is 1. The second-order valence-electron chi connectivity index (χ2n) is 4.04. The van der Waals surface area contributed by atoms with E-state index in [4.69, 9.17) is 17.3 Å². The molecule has 0 aliphatic rings. The van der Waals surface area contributed by atoms with Gasteiger partial charge in [0.05, 0.1) is 5.02 Å². The van der Waals surface area contributed by atoms with E-state index in [0.717, 1.165) is 16.6 Å². The second-order valence-corrected chi connectivity index (χ2v) is 5.30. The maximum absolute atomic E-state index is 11.4. The SMILES string of the molecule is CCC(C)C(Nc1ccc(Cl)c(Br)c1)C(N)=O. The second kappa shape index (κ2) is 6.26. The molecule has 3 N–H and O–H groups in total. The van der Waals surface area contributed by atoms with Gasteiger partial charge in [-0.1, -0.05) is 31.9 Å². The molecule has 0 saturated carbocycles. The van der Waals surface area contributed by atoms with Crippen LogP contribution in [0.5, 0.6) is 0 Å². The summed E-state index contributed by atoms with van der Waals surface area (Å²) in [6.07, 6.45) is 0.884. The molecule has 2 unspecified atom stereocenters. The minimum atomic E-state index is -0.368. The number of anilines is 1. The van der Waals surface area contributed by atoms with E-state index in [0.29, 0.717) is 5.02 Å². The molecule has 1 rings (SSSR count). The van der Waals surface area contributed by atoms with Crippen molar-refractivity contribution in [3.05, 3.63) is 27.7 Å². The van der Waals surface area contributed by atoms with Gasteiger partial charge in [-0.25, -0.2) is 0 Å². The van der Waals surface area contributed by atoms with Crippen LogP contribution in [0.4, 0.5) is 5.69 Å². The lowest BCUT2D eigenvalue weighted by atomic mass is 9.98. The first-order valence-corrected chi connectivity index (χ1v) is 6.63. The summed E-state index contributed by atoms with van der Waals surface area (Å²) < 4.78 is 0.788. The van der Waals surface area contributed by atoms with E-state index in [-0.39, 0.29) is 17.9 Å². The Hall–Kier alpha value is -0.740. The number of nitrogens with two attached hydrogens (primary N) is 1. The van der Waals surface area contributed by atoms with Gasteiger partial charge in [0, 0.05) is 10.2 Å². The lowest BCUT2D eigenvalue weighted by Crippen LogP contribution is -2.40. The Kier molecular flexibility index (Phi) is 5.28. The summed E-state index contributed by atoms with van der Waals surface area (Å²) in [5, 5.41) is 3.77. The summed E-state index contributed by atoms with van der Waals surface area (Å²) in [5.41, 5.74) is 6.21. The van der Waals surface area contributed by atoms with Gasteiger partial charge in [0.15, 0.2) is 0 Å². The minimum absolute atomic E-state index is 0.182. The summed E-state index contributed by atoms with van der Waals surface area (Å²) >= 11 is 9.24. The molecular formula is C12H16BrClN2O. The van der Waals surface area contributed by atoms with Gasteiger partial charge in [0.2, 0.25) is 5.91 Å². The molecule has 94 valence electrons. The predicted molar refractivity (Wildman–Crippen MR) is 75.2 cm³/mol. The average Bonchev–Trinajstić information content (AvgIpc) is 2.29. The summed E-state index contributed by atoms with van der Waals surface area (Å²) in [4.78, 5) is 11.4. The predicted octanol–water partition coefficient (Wildman–Crippen LogP) is 3.41. The van der Waals surface area contributed by atoms with Crippen molar-refractivity contribution in [2.75, 3.05) is 5.32 Å². The third-order valence-electron chi connectivity index (χ3n) is 2.76. The van der Waals surface area contributed by atoms with Gasteiger partial charge >= 0.3 is 0 Å². The van der Waals surface area contributed by atoms with Crippen LogP contribution in [0.3, 0.4) is 0 Å². The van der Waals surface area contributed by atoms with Gasteiger partial charge in [0.25, 0.3) is 0 Å². The van der Waals surface area contributed by atoms with Gasteiger partial charge in [-0.3, -0.25) is 4.79 Å². The molecule has 5 heteroatoms. The van der Waals surface area contributed by atoms with Crippen molar-refractivity contribution in [2.45, 2.75) is 26.3 Å². The number of benzene rings is 1. The average molecular weight is 320 g/mol. The van der Waals surface area contributed by atoms with Crippen LogP contribution >= 0.6 is 27.5 Å². The zero-order valence-corrected chi connectivity index (χ0v) is 12.2. The molecule has 0 heterocycles. The first kappa shape index (κ1) is 14.3. The van der Waals surface area contributed by atoms with Crippen molar-refractivity contribution in [2.24, 2.45) is 11.7 Å². The largest absolute Gasteiger partial charge is 0.373 e. The minimum Gasteiger partial charge on any atom is -0.373 e. The molecule has 17 heavy (non-hydrogen) atoms. The Labute approximate surface area is 115 Å². The highest BCUT2D eigenvalue weighted by molar-refractivity contribution is 9.10. The Morgan fingerprint density at radius 3 is 2.71 bits per heavy atom. The molecule has 0 bridgehead atoms. The number of carbonyl (C=O) groups is 1. The summed E-state index contributed by atoms with van der Waals surface area (Å²) in [6.45, 7) is 4.02. The quantitative estimate of drug-likeness (QED) is 0.874. The van der Waals surface area contributed by atoms with E-state index < -0.39 is 0 Å². The first-order valence-electron chi connectivity index (χ1n) is 5.46. The Morgan fingerprint density at radius 1 is 1.59 bits per heavy atom. The number of halogens is 2. The highest BCUT2D eigenvalue weighted by Crippen LogP contribution is 2.26. The molecule has 0 aliphatic heterocycles. The van der Waals surface area contributed by atoms with Crippen LogP contribution in [0.2, 0.25) is 5.02 Å². The Balaban J connectivity index is 2.86. The number of hydrogen-bond acceptors (Lipinski definition) is 2. The molecule has 0 aliphatic carbocycles. The van der Waals surface area contributed by atoms with Crippen LogP contribution in [0.15, 0.2) is 22.7 Å². The fourth-order valence-corrected chi connectivity index (χ4v) is 1.99. The van der Waals surface area contributed by atoms with Gasteiger partial charge in [-0.15, -0.1) is 0 Å². The van der Waals surface area contributed by atoms with Crippen LogP contribution in [0.25, 0.3) is 0 Å². The van der Waals surface area contributed by atoms with E-state index in [1.165, 1.54) is 0 Å². The summed E-state index contributed by atoms with van der Waals surface area (Å²) in [5.74, 6) is -0.160. The van der Waals surface area contributed by atoms with Crippen LogP contribution in [0.1, 0.15) is 20.3 Å². The molecule has 1 aromatic rings. The zero-order chi connectivity index (χ0) is 13.0. The first-order chi connectivity index (χ1) is 7.95. The molecule has 0 fully saturated rings. The Morgan fingerprint density at radius 2 is 2.24 bits per heavy atom. The van der Waals surface area contributed by atoms with E-state index >= 15 is 0 Å². The van der Waals surface area contributed by atoms with Crippen LogP contribution in [-0.2, 0) is 4.79 Å². The Bertz CT molecular complexity index is 411. The van der Waals surface area contributed by atoms with Crippen molar-refractivity contribution in [1.29, 1.82) is 0 Å². The van der Waals surface area contributed by atoms with Crippen molar-refractivity contribution in [3.63, 3.8) is 0 Å². The van der Waals surface area contributed by atoms with Gasteiger partial charge in [0.1, 0.15) is 6.04 Å². The lowest BCUT2D eigenvalue weighted by molar-refractivity contribution is -0.119. The van der Waals surface area contributed by atoms with E-state index in [2.05, 4.69) is 21.2 Å². The highest BCUT2D eigenvalue weighted by atomic mass is 79.9. The maximum Gasteiger partial charge on any atom is 0.240 e. The number of rotatable bonds is 5. The fourth-order valence-electron chi connectivity index (χ4n) is 1.49. The monoisotopic (exact) mass is 318 g/mol. The number of hydrogen-bond donors (Lipinski definition) is 2. The molecular weight excluding hydrogens is 304 g/mol. The molecule has 1 aromatic carbocycles. The van der Waals surface area contributed by atoms with Crippen molar-refractivity contribution in [3.8, 4) is 0 Å². The molecule has 1 amide bonds. The molecule has 0 radical (unpaired) electrons. The smallest absolute Gasteiger partial charge is 0.240 e. The fraction of sp³-hybridized carbons (Fsp3) is 0.417. The van der Waals surface area contributed by atoms with Crippen LogP contribution in [-0.4, -0.2) is 11.9 Å². The third-order valence-corrected chi connectivity index (χ3v) is 3.98. The van der Waals surface area contributed by atoms with Crippen LogP contribution in [0, 0.1) is 5.92 Å². The van der Waals surface area contributed by atoms with Crippen LogP contribution < -0.4 is 11.1 Å². The zero-order valence-electron chi connectivity index (χ0n) is 9.84. The molecule has 2 atom stereocenters.